The van der Waals surface area contributed by atoms with Gasteiger partial charge in [0.1, 0.15) is 5.65 Å². The quantitative estimate of drug-likeness (QED) is 0.708. The summed E-state index contributed by atoms with van der Waals surface area (Å²) in [7, 11) is 0. The predicted molar refractivity (Wildman–Crippen MR) is 80.8 cm³/mol. The summed E-state index contributed by atoms with van der Waals surface area (Å²) in [5.74, 6) is 0. The Kier molecular flexibility index (Phi) is 2.60. The molecule has 4 heterocycles. The van der Waals surface area contributed by atoms with Gasteiger partial charge in [-0.15, -0.1) is 0 Å². The summed E-state index contributed by atoms with van der Waals surface area (Å²) in [4.78, 5) is 14.4. The highest BCUT2D eigenvalue weighted by atomic mass is 15.2. The molecular weight excluding hydrogens is 250 g/mol. The Bertz CT molecular complexity index is 763. The van der Waals surface area contributed by atoms with E-state index in [1.807, 2.05) is 18.6 Å². The zero-order chi connectivity index (χ0) is 13.5. The Morgan fingerprint density at radius 2 is 2.25 bits per heavy atom. The van der Waals surface area contributed by atoms with Crippen molar-refractivity contribution < 1.29 is 0 Å². The second-order valence-electron chi connectivity index (χ2n) is 5.44. The number of pyridine rings is 2. The smallest absolute Gasteiger partial charge is 0.138 e. The lowest BCUT2D eigenvalue weighted by molar-refractivity contribution is 0.507. The number of anilines is 1. The van der Waals surface area contributed by atoms with Crippen LogP contribution in [0.25, 0.3) is 21.9 Å². The summed E-state index contributed by atoms with van der Waals surface area (Å²) < 4.78 is 0. The second-order valence-corrected chi connectivity index (χ2v) is 5.44. The highest BCUT2D eigenvalue weighted by Gasteiger charge is 2.20. The Labute approximate surface area is 116 Å². The Morgan fingerprint density at radius 1 is 1.30 bits per heavy atom. The minimum atomic E-state index is 0.260. The van der Waals surface area contributed by atoms with Gasteiger partial charge < -0.3 is 15.6 Å². The molecule has 0 amide bonds. The summed E-state index contributed by atoms with van der Waals surface area (Å²) in [5, 5.41) is 2.30. The molecule has 0 spiro atoms. The number of aromatic nitrogens is 3. The first-order chi connectivity index (χ1) is 9.83. The summed E-state index contributed by atoms with van der Waals surface area (Å²) in [6, 6.07) is 4.42. The average molecular weight is 267 g/mol. The van der Waals surface area contributed by atoms with Crippen LogP contribution in [0.15, 0.2) is 30.7 Å². The molecule has 1 unspecified atom stereocenters. The van der Waals surface area contributed by atoms with E-state index in [-0.39, 0.29) is 6.04 Å². The second kappa shape index (κ2) is 4.45. The topological polar surface area (TPSA) is 70.8 Å². The first kappa shape index (κ1) is 11.7. The van der Waals surface area contributed by atoms with Crippen LogP contribution in [0.5, 0.6) is 0 Å². The van der Waals surface area contributed by atoms with Gasteiger partial charge in [0.05, 0.1) is 11.7 Å². The van der Waals surface area contributed by atoms with Crippen molar-refractivity contribution in [3.8, 4) is 0 Å². The van der Waals surface area contributed by atoms with Crippen LogP contribution in [-0.2, 0) is 0 Å². The Balaban J connectivity index is 1.96. The van der Waals surface area contributed by atoms with Gasteiger partial charge in [-0.1, -0.05) is 0 Å². The summed E-state index contributed by atoms with van der Waals surface area (Å²) in [5.41, 5.74) is 9.19. The van der Waals surface area contributed by atoms with Crippen LogP contribution in [0, 0.1) is 0 Å². The molecule has 4 rings (SSSR count). The molecule has 1 saturated heterocycles. The first-order valence-corrected chi connectivity index (χ1v) is 7.04. The minimum Gasteiger partial charge on any atom is -0.369 e. The van der Waals surface area contributed by atoms with Crippen molar-refractivity contribution in [2.75, 3.05) is 18.0 Å². The highest BCUT2D eigenvalue weighted by Crippen LogP contribution is 2.32. The van der Waals surface area contributed by atoms with E-state index in [1.54, 1.807) is 0 Å². The highest BCUT2D eigenvalue weighted by molar-refractivity contribution is 6.09. The lowest BCUT2D eigenvalue weighted by Crippen LogP contribution is -2.42. The number of rotatable bonds is 1. The molecule has 0 bridgehead atoms. The number of hydrogen-bond acceptors (Lipinski definition) is 4. The third-order valence-electron chi connectivity index (χ3n) is 4.07. The molecule has 102 valence electrons. The number of H-pyrrole nitrogens is 1. The number of nitrogens with one attached hydrogen (secondary N) is 1. The standard InChI is InChI=1S/C15H17N5/c16-10-2-1-7-20(9-10)13-4-6-17-12-8-19-15-11(14(12)13)3-5-18-15/h3-6,8,10H,1-2,7,9,16H2,(H,18,19). The largest absolute Gasteiger partial charge is 0.369 e. The number of nitrogens with zero attached hydrogens (tertiary/aromatic N) is 3. The van der Waals surface area contributed by atoms with E-state index in [0.717, 1.165) is 42.5 Å². The van der Waals surface area contributed by atoms with E-state index in [0.29, 0.717) is 0 Å². The number of hydrogen-bond donors (Lipinski definition) is 2. The lowest BCUT2D eigenvalue weighted by atomic mass is 10.0. The van der Waals surface area contributed by atoms with Gasteiger partial charge in [-0.25, -0.2) is 4.98 Å². The van der Waals surface area contributed by atoms with Gasteiger partial charge in [0.2, 0.25) is 0 Å². The van der Waals surface area contributed by atoms with Crippen molar-refractivity contribution in [2.45, 2.75) is 18.9 Å². The zero-order valence-electron chi connectivity index (χ0n) is 11.2. The maximum absolute atomic E-state index is 6.12. The third-order valence-corrected chi connectivity index (χ3v) is 4.07. The van der Waals surface area contributed by atoms with Crippen LogP contribution in [0.1, 0.15) is 12.8 Å². The van der Waals surface area contributed by atoms with Crippen molar-refractivity contribution in [3.05, 3.63) is 30.7 Å². The molecule has 3 N–H and O–H groups in total. The van der Waals surface area contributed by atoms with E-state index in [1.165, 1.54) is 11.1 Å². The van der Waals surface area contributed by atoms with Gasteiger partial charge in [0, 0.05) is 48.0 Å². The molecule has 5 nitrogen and oxygen atoms in total. The molecular formula is C15H17N5. The fraction of sp³-hybridized carbons (Fsp3) is 0.333. The molecule has 0 radical (unpaired) electrons. The Hall–Kier alpha value is -2.14. The van der Waals surface area contributed by atoms with E-state index < -0.39 is 0 Å². The van der Waals surface area contributed by atoms with Gasteiger partial charge >= 0.3 is 0 Å². The van der Waals surface area contributed by atoms with Gasteiger partial charge in [-0.3, -0.25) is 4.98 Å². The molecule has 1 aliphatic heterocycles. The van der Waals surface area contributed by atoms with Gasteiger partial charge in [-0.05, 0) is 25.0 Å². The molecule has 1 aliphatic rings. The minimum absolute atomic E-state index is 0.260. The van der Waals surface area contributed by atoms with E-state index in [2.05, 4.69) is 32.0 Å². The van der Waals surface area contributed by atoms with Crippen LogP contribution >= 0.6 is 0 Å². The monoisotopic (exact) mass is 267 g/mol. The van der Waals surface area contributed by atoms with Gasteiger partial charge in [0.15, 0.2) is 0 Å². The molecule has 5 heteroatoms. The molecule has 3 aromatic rings. The van der Waals surface area contributed by atoms with Crippen LogP contribution in [-0.4, -0.2) is 34.1 Å². The van der Waals surface area contributed by atoms with E-state index in [4.69, 9.17) is 5.73 Å². The van der Waals surface area contributed by atoms with Crippen molar-refractivity contribution in [3.63, 3.8) is 0 Å². The maximum Gasteiger partial charge on any atom is 0.138 e. The molecule has 1 fully saturated rings. The van der Waals surface area contributed by atoms with Crippen LogP contribution < -0.4 is 10.6 Å². The summed E-state index contributed by atoms with van der Waals surface area (Å²) >= 11 is 0. The molecule has 1 atom stereocenters. The van der Waals surface area contributed by atoms with Gasteiger partial charge in [-0.2, -0.15) is 0 Å². The molecule has 0 aliphatic carbocycles. The van der Waals surface area contributed by atoms with Crippen molar-refractivity contribution >= 4 is 27.6 Å². The zero-order valence-corrected chi connectivity index (χ0v) is 11.2. The summed E-state index contributed by atoms with van der Waals surface area (Å²) in [6.45, 7) is 1.97. The normalized spacial score (nSPS) is 19.9. The number of aromatic amines is 1. The fourth-order valence-corrected chi connectivity index (χ4v) is 3.13. The molecule has 20 heavy (non-hydrogen) atoms. The van der Waals surface area contributed by atoms with Gasteiger partial charge in [0.25, 0.3) is 0 Å². The van der Waals surface area contributed by atoms with E-state index >= 15 is 0 Å². The lowest BCUT2D eigenvalue weighted by Gasteiger charge is -2.33. The van der Waals surface area contributed by atoms with Crippen molar-refractivity contribution in [2.24, 2.45) is 5.73 Å². The average Bonchev–Trinajstić information content (AvgIpc) is 2.95. The SMILES string of the molecule is NC1CCCN(c2ccnc3cnc4[nH]ccc4c23)C1. The fourth-order valence-electron chi connectivity index (χ4n) is 3.13. The van der Waals surface area contributed by atoms with Crippen LogP contribution in [0.2, 0.25) is 0 Å². The first-order valence-electron chi connectivity index (χ1n) is 7.04. The van der Waals surface area contributed by atoms with Crippen molar-refractivity contribution in [1.82, 2.24) is 15.0 Å². The number of piperidine rings is 1. The maximum atomic E-state index is 6.12. The summed E-state index contributed by atoms with van der Waals surface area (Å²) in [6.07, 6.45) is 7.88. The molecule has 0 aromatic carbocycles. The number of nitrogens with two attached hydrogens (primary N) is 1. The molecule has 3 aromatic heterocycles. The number of fused-ring (bicyclic) bond motifs is 3. The Morgan fingerprint density at radius 3 is 3.15 bits per heavy atom. The predicted octanol–water partition coefficient (Wildman–Crippen LogP) is 2.04. The molecule has 0 saturated carbocycles. The van der Waals surface area contributed by atoms with Crippen molar-refractivity contribution in [1.29, 1.82) is 0 Å². The third kappa shape index (κ3) is 1.74. The van der Waals surface area contributed by atoms with Crippen LogP contribution in [0.4, 0.5) is 5.69 Å². The van der Waals surface area contributed by atoms with Crippen LogP contribution in [0.3, 0.4) is 0 Å². The van der Waals surface area contributed by atoms with E-state index in [9.17, 15) is 0 Å².